The predicted molar refractivity (Wildman–Crippen MR) is 102 cm³/mol. The van der Waals surface area contributed by atoms with E-state index in [0.29, 0.717) is 0 Å². The molecule has 0 saturated carbocycles. The van der Waals surface area contributed by atoms with Gasteiger partial charge in [0.15, 0.2) is 0 Å². The monoisotopic (exact) mass is 354 g/mol. The minimum Gasteiger partial charge on any atom is -0.342 e. The summed E-state index contributed by atoms with van der Waals surface area (Å²) >= 11 is 6.19. The van der Waals surface area contributed by atoms with Crippen LogP contribution in [0, 0.1) is 0 Å². The molecule has 0 radical (unpaired) electrons. The highest BCUT2D eigenvalue weighted by molar-refractivity contribution is 6.30. The van der Waals surface area contributed by atoms with Gasteiger partial charge < -0.3 is 4.90 Å². The first kappa shape index (κ1) is 16.6. The Kier molecular flexibility index (Phi) is 4.51. The summed E-state index contributed by atoms with van der Waals surface area (Å²) in [6.07, 6.45) is 7.96. The van der Waals surface area contributed by atoms with Crippen LogP contribution >= 0.6 is 11.6 Å². The van der Waals surface area contributed by atoms with Gasteiger partial charge in [0, 0.05) is 49.8 Å². The predicted octanol–water partition coefficient (Wildman–Crippen LogP) is 4.50. The van der Waals surface area contributed by atoms with Crippen LogP contribution in [-0.4, -0.2) is 30.1 Å². The molecule has 3 aliphatic rings. The lowest BCUT2D eigenvalue weighted by atomic mass is 9.87. The number of allylic oxidation sites excluding steroid dienone is 3. The summed E-state index contributed by atoms with van der Waals surface area (Å²) in [6.45, 7) is 3.37. The highest BCUT2D eigenvalue weighted by Gasteiger charge is 2.25. The second kappa shape index (κ2) is 6.80. The van der Waals surface area contributed by atoms with E-state index in [0.717, 1.165) is 56.6 Å². The summed E-state index contributed by atoms with van der Waals surface area (Å²) < 4.78 is 0. The molecule has 0 unspecified atom stereocenters. The second-order valence-corrected chi connectivity index (χ2v) is 7.56. The van der Waals surface area contributed by atoms with Crippen molar-refractivity contribution < 1.29 is 4.79 Å². The molecule has 130 valence electrons. The van der Waals surface area contributed by atoms with E-state index in [1.54, 1.807) is 6.92 Å². The van der Waals surface area contributed by atoms with E-state index < -0.39 is 0 Å². The summed E-state index contributed by atoms with van der Waals surface area (Å²) in [4.78, 5) is 18.3. The van der Waals surface area contributed by atoms with Gasteiger partial charge >= 0.3 is 0 Å². The van der Waals surface area contributed by atoms with Crippen LogP contribution in [0.4, 0.5) is 0 Å². The Balaban J connectivity index is 1.63. The molecular formula is C21H23ClN2O. The van der Waals surface area contributed by atoms with Crippen molar-refractivity contribution in [3.63, 3.8) is 0 Å². The van der Waals surface area contributed by atoms with Crippen molar-refractivity contribution in [2.24, 2.45) is 4.99 Å². The lowest BCUT2D eigenvalue weighted by Crippen LogP contribution is -2.35. The summed E-state index contributed by atoms with van der Waals surface area (Å²) in [5, 5.41) is 0.817. The summed E-state index contributed by atoms with van der Waals surface area (Å²) in [6, 6.07) is 6.24. The largest absolute Gasteiger partial charge is 0.342 e. The van der Waals surface area contributed by atoms with Gasteiger partial charge in [0.1, 0.15) is 0 Å². The minimum absolute atomic E-state index is 0.191. The Labute approximate surface area is 154 Å². The second-order valence-electron chi connectivity index (χ2n) is 7.12. The van der Waals surface area contributed by atoms with Crippen molar-refractivity contribution in [2.45, 2.75) is 45.4 Å². The average molecular weight is 355 g/mol. The maximum absolute atomic E-state index is 11.6. The number of hydrogen-bond donors (Lipinski definition) is 0. The number of carbonyl (C=O) groups is 1. The van der Waals surface area contributed by atoms with Gasteiger partial charge in [0.2, 0.25) is 5.91 Å². The first-order valence-corrected chi connectivity index (χ1v) is 9.48. The molecule has 0 aromatic heterocycles. The molecule has 2 aliphatic heterocycles. The van der Waals surface area contributed by atoms with Crippen LogP contribution in [0.15, 0.2) is 45.6 Å². The van der Waals surface area contributed by atoms with Crippen LogP contribution in [0.2, 0.25) is 5.02 Å². The van der Waals surface area contributed by atoms with Crippen molar-refractivity contribution in [1.29, 1.82) is 0 Å². The van der Waals surface area contributed by atoms with Crippen molar-refractivity contribution in [3.8, 4) is 0 Å². The number of nitrogens with zero attached hydrogens (tertiary/aromatic N) is 2. The number of hydrogen-bond acceptors (Lipinski definition) is 2. The molecule has 0 spiro atoms. The molecule has 1 aromatic rings. The third kappa shape index (κ3) is 3.30. The molecule has 1 fully saturated rings. The number of fused-ring (bicyclic) bond motifs is 1. The maximum atomic E-state index is 11.6. The van der Waals surface area contributed by atoms with E-state index in [9.17, 15) is 4.79 Å². The minimum atomic E-state index is 0.191. The zero-order chi connectivity index (χ0) is 17.4. The number of amides is 1. The van der Waals surface area contributed by atoms with Gasteiger partial charge in [-0.15, -0.1) is 0 Å². The Hall–Kier alpha value is -1.87. The standard InChI is InChI=1S/C21H23ClN2O/c1-14(25)24-10-7-15(8-11-24)19-6-9-23-21-13-17-2-4-18(22)12-16(17)3-5-20(19)21/h2,4,9,12H,3,5-8,10-11,13H2,1H3. The number of aryl methyl sites for hydroxylation is 1. The first-order valence-electron chi connectivity index (χ1n) is 9.10. The SMILES string of the molecule is CC(=O)N1CCC(=C2CC=NC3=C2CCc2cc(Cl)ccc2C3)CC1. The van der Waals surface area contributed by atoms with Gasteiger partial charge in [-0.05, 0) is 60.1 Å². The molecule has 3 nitrogen and oxygen atoms in total. The lowest BCUT2D eigenvalue weighted by Gasteiger charge is -2.30. The number of piperidine rings is 1. The Morgan fingerprint density at radius 2 is 1.88 bits per heavy atom. The first-order chi connectivity index (χ1) is 12.1. The fourth-order valence-corrected chi connectivity index (χ4v) is 4.46. The molecule has 4 heteroatoms. The number of halogens is 1. The Bertz CT molecular complexity index is 809. The number of aliphatic imine (C=N–C) groups is 1. The molecule has 1 saturated heterocycles. The molecule has 1 aromatic carbocycles. The molecule has 2 heterocycles. The van der Waals surface area contributed by atoms with Crippen LogP contribution in [-0.2, 0) is 17.6 Å². The van der Waals surface area contributed by atoms with E-state index in [1.165, 1.54) is 33.5 Å². The maximum Gasteiger partial charge on any atom is 0.219 e. The third-order valence-electron chi connectivity index (χ3n) is 5.66. The zero-order valence-corrected chi connectivity index (χ0v) is 15.4. The van der Waals surface area contributed by atoms with Gasteiger partial charge in [-0.3, -0.25) is 9.79 Å². The number of carbonyl (C=O) groups excluding carboxylic acids is 1. The van der Waals surface area contributed by atoms with Gasteiger partial charge in [-0.25, -0.2) is 0 Å². The van der Waals surface area contributed by atoms with Gasteiger partial charge in [0.05, 0.1) is 0 Å². The van der Waals surface area contributed by atoms with Crippen molar-refractivity contribution in [2.75, 3.05) is 13.1 Å². The van der Waals surface area contributed by atoms with Gasteiger partial charge in [-0.1, -0.05) is 23.2 Å². The smallest absolute Gasteiger partial charge is 0.219 e. The quantitative estimate of drug-likeness (QED) is 0.675. The summed E-state index contributed by atoms with van der Waals surface area (Å²) in [5.74, 6) is 0.191. The fourth-order valence-electron chi connectivity index (χ4n) is 4.26. The topological polar surface area (TPSA) is 32.7 Å². The zero-order valence-electron chi connectivity index (χ0n) is 14.6. The van der Waals surface area contributed by atoms with Gasteiger partial charge in [-0.2, -0.15) is 0 Å². The molecular weight excluding hydrogens is 332 g/mol. The molecule has 1 aliphatic carbocycles. The third-order valence-corrected chi connectivity index (χ3v) is 5.90. The molecule has 4 rings (SSSR count). The number of rotatable bonds is 0. The fraction of sp³-hybridized carbons (Fsp3) is 0.429. The Morgan fingerprint density at radius 3 is 2.64 bits per heavy atom. The molecule has 0 atom stereocenters. The lowest BCUT2D eigenvalue weighted by molar-refractivity contribution is -0.129. The van der Waals surface area contributed by atoms with E-state index >= 15 is 0 Å². The van der Waals surface area contributed by atoms with Crippen LogP contribution in [0.5, 0.6) is 0 Å². The van der Waals surface area contributed by atoms with Crippen LogP contribution < -0.4 is 0 Å². The molecule has 0 N–H and O–H groups in total. The van der Waals surface area contributed by atoms with E-state index in [1.807, 2.05) is 11.0 Å². The number of benzene rings is 1. The van der Waals surface area contributed by atoms with Crippen LogP contribution in [0.3, 0.4) is 0 Å². The normalized spacial score (nSPS) is 20.3. The van der Waals surface area contributed by atoms with Crippen molar-refractivity contribution >= 4 is 23.7 Å². The van der Waals surface area contributed by atoms with Crippen molar-refractivity contribution in [3.05, 3.63) is 56.8 Å². The van der Waals surface area contributed by atoms with Crippen LogP contribution in [0.25, 0.3) is 0 Å². The van der Waals surface area contributed by atoms with E-state index in [2.05, 4.69) is 18.3 Å². The number of likely N-dealkylation sites (tertiary alicyclic amines) is 1. The molecule has 0 bridgehead atoms. The van der Waals surface area contributed by atoms with Gasteiger partial charge in [0.25, 0.3) is 0 Å². The van der Waals surface area contributed by atoms with E-state index in [4.69, 9.17) is 16.6 Å². The molecule has 25 heavy (non-hydrogen) atoms. The van der Waals surface area contributed by atoms with Crippen LogP contribution in [0.1, 0.15) is 43.7 Å². The highest BCUT2D eigenvalue weighted by atomic mass is 35.5. The highest BCUT2D eigenvalue weighted by Crippen LogP contribution is 2.37. The Morgan fingerprint density at radius 1 is 1.08 bits per heavy atom. The summed E-state index contributed by atoms with van der Waals surface area (Å²) in [5.41, 5.74) is 8.40. The van der Waals surface area contributed by atoms with Crippen molar-refractivity contribution in [1.82, 2.24) is 4.90 Å². The summed E-state index contributed by atoms with van der Waals surface area (Å²) in [7, 11) is 0. The average Bonchev–Trinajstić information content (AvgIpc) is 2.80. The van der Waals surface area contributed by atoms with E-state index in [-0.39, 0.29) is 5.91 Å². The molecule has 1 amide bonds.